The Morgan fingerprint density at radius 1 is 1.59 bits per heavy atom. The van der Waals surface area contributed by atoms with Crippen LogP contribution in [-0.2, 0) is 0 Å². The summed E-state index contributed by atoms with van der Waals surface area (Å²) < 4.78 is 19.3. The van der Waals surface area contributed by atoms with Crippen molar-refractivity contribution >= 4 is 15.9 Å². The van der Waals surface area contributed by atoms with E-state index in [2.05, 4.69) is 21.2 Å². The van der Waals surface area contributed by atoms with Crippen molar-refractivity contribution in [2.75, 3.05) is 20.2 Å². The van der Waals surface area contributed by atoms with Crippen LogP contribution in [-0.4, -0.2) is 25.3 Å². The second-order valence-corrected chi connectivity index (χ2v) is 5.04. The number of methoxy groups -OCH3 is 1. The molecule has 1 unspecified atom stereocenters. The van der Waals surface area contributed by atoms with E-state index in [1.54, 1.807) is 6.07 Å². The molecule has 1 saturated heterocycles. The van der Waals surface area contributed by atoms with Crippen LogP contribution in [0.25, 0.3) is 0 Å². The molecule has 17 heavy (non-hydrogen) atoms. The number of hydrogen-bond acceptors (Lipinski definition) is 3. The van der Waals surface area contributed by atoms with E-state index in [9.17, 15) is 9.50 Å². The van der Waals surface area contributed by atoms with Crippen LogP contribution in [0.4, 0.5) is 4.39 Å². The Morgan fingerprint density at radius 3 is 2.94 bits per heavy atom. The predicted molar refractivity (Wildman–Crippen MR) is 67.2 cm³/mol. The molecule has 1 aromatic rings. The molecule has 1 aliphatic rings. The first-order chi connectivity index (χ1) is 8.15. The number of hydrogen-bond donors (Lipinski definition) is 2. The van der Waals surface area contributed by atoms with Gasteiger partial charge in [-0.15, -0.1) is 0 Å². The fraction of sp³-hybridized carbons (Fsp3) is 0.500. The Bertz CT molecular complexity index is 419. The highest BCUT2D eigenvalue weighted by atomic mass is 79.9. The molecular weight excluding hydrogens is 289 g/mol. The van der Waals surface area contributed by atoms with Crippen LogP contribution < -0.4 is 10.1 Å². The van der Waals surface area contributed by atoms with E-state index >= 15 is 0 Å². The van der Waals surface area contributed by atoms with Gasteiger partial charge in [-0.05, 0) is 41.4 Å². The standard InChI is InChI=1S/C12H15BrFNO2/c1-17-12-8(7-3-2-4-15-6-7)5-9(13)11(16)10(12)14/h5,7,15-16H,2-4,6H2,1H3. The number of phenols is 1. The monoisotopic (exact) mass is 303 g/mol. The van der Waals surface area contributed by atoms with Crippen molar-refractivity contribution in [2.45, 2.75) is 18.8 Å². The minimum Gasteiger partial charge on any atom is -0.504 e. The maximum absolute atomic E-state index is 13.9. The third kappa shape index (κ3) is 2.40. The molecule has 0 radical (unpaired) electrons. The number of phenolic OH excluding ortho intramolecular Hbond substituents is 1. The highest BCUT2D eigenvalue weighted by molar-refractivity contribution is 9.10. The van der Waals surface area contributed by atoms with Gasteiger partial charge in [-0.1, -0.05) is 0 Å². The number of ether oxygens (including phenoxy) is 1. The molecule has 1 aromatic carbocycles. The molecule has 3 nitrogen and oxygen atoms in total. The molecule has 1 fully saturated rings. The van der Waals surface area contributed by atoms with Gasteiger partial charge in [-0.3, -0.25) is 0 Å². The van der Waals surface area contributed by atoms with Crippen molar-refractivity contribution in [3.63, 3.8) is 0 Å². The molecule has 0 saturated carbocycles. The summed E-state index contributed by atoms with van der Waals surface area (Å²) in [4.78, 5) is 0. The Balaban J connectivity index is 2.44. The topological polar surface area (TPSA) is 41.5 Å². The smallest absolute Gasteiger partial charge is 0.208 e. The normalized spacial score (nSPS) is 20.3. The molecule has 0 bridgehead atoms. The fourth-order valence-corrected chi connectivity index (χ4v) is 2.66. The number of nitrogens with one attached hydrogen (secondary N) is 1. The molecule has 94 valence electrons. The first-order valence-electron chi connectivity index (χ1n) is 5.60. The van der Waals surface area contributed by atoms with Crippen molar-refractivity contribution in [1.82, 2.24) is 5.32 Å². The van der Waals surface area contributed by atoms with E-state index < -0.39 is 11.6 Å². The number of aromatic hydroxyl groups is 1. The van der Waals surface area contributed by atoms with Gasteiger partial charge in [0.2, 0.25) is 5.82 Å². The minimum atomic E-state index is -0.692. The van der Waals surface area contributed by atoms with Gasteiger partial charge in [0.15, 0.2) is 11.5 Å². The molecule has 1 heterocycles. The molecule has 2 rings (SSSR count). The van der Waals surface area contributed by atoms with Crippen LogP contribution in [0, 0.1) is 5.82 Å². The molecule has 2 N–H and O–H groups in total. The number of piperidine rings is 1. The second kappa shape index (κ2) is 5.23. The van der Waals surface area contributed by atoms with Crippen LogP contribution in [0.5, 0.6) is 11.5 Å². The minimum absolute atomic E-state index is 0.152. The SMILES string of the molecule is COc1c(C2CCCNC2)cc(Br)c(O)c1F. The molecule has 5 heteroatoms. The third-order valence-electron chi connectivity index (χ3n) is 3.12. The Morgan fingerprint density at radius 2 is 2.35 bits per heavy atom. The molecule has 1 atom stereocenters. The van der Waals surface area contributed by atoms with Crippen molar-refractivity contribution in [3.05, 3.63) is 21.9 Å². The van der Waals surface area contributed by atoms with Gasteiger partial charge in [0.05, 0.1) is 11.6 Å². The van der Waals surface area contributed by atoms with Crippen LogP contribution in [0.15, 0.2) is 10.5 Å². The number of rotatable bonds is 2. The van der Waals surface area contributed by atoms with Crippen molar-refractivity contribution in [3.8, 4) is 11.5 Å². The zero-order chi connectivity index (χ0) is 12.4. The maximum Gasteiger partial charge on any atom is 0.208 e. The van der Waals surface area contributed by atoms with Gasteiger partial charge in [0.25, 0.3) is 0 Å². The molecule has 0 spiro atoms. The van der Waals surface area contributed by atoms with Crippen LogP contribution in [0.2, 0.25) is 0 Å². The summed E-state index contributed by atoms with van der Waals surface area (Å²) in [5, 5.41) is 12.8. The quantitative estimate of drug-likeness (QED) is 0.883. The average Bonchev–Trinajstić information content (AvgIpc) is 2.36. The van der Waals surface area contributed by atoms with Crippen LogP contribution >= 0.6 is 15.9 Å². The number of benzene rings is 1. The lowest BCUT2D eigenvalue weighted by Gasteiger charge is -2.25. The highest BCUT2D eigenvalue weighted by Gasteiger charge is 2.24. The van der Waals surface area contributed by atoms with Crippen molar-refractivity contribution in [2.24, 2.45) is 0 Å². The average molecular weight is 304 g/mol. The molecule has 0 aromatic heterocycles. The molecule has 1 aliphatic heterocycles. The van der Waals surface area contributed by atoms with Gasteiger partial charge in [-0.25, -0.2) is 0 Å². The summed E-state index contributed by atoms with van der Waals surface area (Å²) in [5.74, 6) is -0.707. The lowest BCUT2D eigenvalue weighted by atomic mass is 9.91. The summed E-state index contributed by atoms with van der Waals surface area (Å²) >= 11 is 3.16. The van der Waals surface area contributed by atoms with Gasteiger partial charge in [0.1, 0.15) is 0 Å². The van der Waals surface area contributed by atoms with E-state index in [1.165, 1.54) is 7.11 Å². The summed E-state index contributed by atoms with van der Waals surface area (Å²) in [5.41, 5.74) is 0.807. The largest absolute Gasteiger partial charge is 0.504 e. The van der Waals surface area contributed by atoms with E-state index in [0.29, 0.717) is 4.47 Å². The summed E-state index contributed by atoms with van der Waals surface area (Å²) in [6, 6.07) is 1.74. The fourth-order valence-electron chi connectivity index (χ4n) is 2.24. The summed E-state index contributed by atoms with van der Waals surface area (Å²) in [7, 11) is 1.42. The van der Waals surface area contributed by atoms with Gasteiger partial charge in [0, 0.05) is 18.0 Å². The lowest BCUT2D eigenvalue weighted by molar-refractivity contribution is 0.349. The van der Waals surface area contributed by atoms with E-state index in [0.717, 1.165) is 31.5 Å². The first-order valence-corrected chi connectivity index (χ1v) is 6.40. The van der Waals surface area contributed by atoms with Crippen molar-refractivity contribution < 1.29 is 14.2 Å². The van der Waals surface area contributed by atoms with E-state index in [1.807, 2.05) is 0 Å². The summed E-state index contributed by atoms with van der Waals surface area (Å²) in [6.07, 6.45) is 2.06. The van der Waals surface area contributed by atoms with Gasteiger partial charge in [-0.2, -0.15) is 4.39 Å². The lowest BCUT2D eigenvalue weighted by Crippen LogP contribution is -2.28. The van der Waals surface area contributed by atoms with Crippen LogP contribution in [0.1, 0.15) is 24.3 Å². The maximum atomic E-state index is 13.9. The van der Waals surface area contributed by atoms with Gasteiger partial charge < -0.3 is 15.2 Å². The Hall–Kier alpha value is -0.810. The summed E-state index contributed by atoms with van der Waals surface area (Å²) in [6.45, 7) is 1.81. The van der Waals surface area contributed by atoms with E-state index in [-0.39, 0.29) is 11.7 Å². The molecular formula is C12H15BrFNO2. The third-order valence-corrected chi connectivity index (χ3v) is 3.72. The van der Waals surface area contributed by atoms with Crippen molar-refractivity contribution in [1.29, 1.82) is 0 Å². The molecule has 0 amide bonds. The van der Waals surface area contributed by atoms with E-state index in [4.69, 9.17) is 4.74 Å². The zero-order valence-corrected chi connectivity index (χ0v) is 11.2. The van der Waals surface area contributed by atoms with Gasteiger partial charge >= 0.3 is 0 Å². The molecule has 0 aliphatic carbocycles. The second-order valence-electron chi connectivity index (χ2n) is 4.19. The zero-order valence-electron chi connectivity index (χ0n) is 9.59. The first kappa shape index (κ1) is 12.6. The predicted octanol–water partition coefficient (Wildman–Crippen LogP) is 2.77. The highest BCUT2D eigenvalue weighted by Crippen LogP contribution is 2.41. The Labute approximate surface area is 108 Å². The Kier molecular flexibility index (Phi) is 3.89. The van der Waals surface area contributed by atoms with Crippen LogP contribution in [0.3, 0.4) is 0 Å². The number of halogens is 2.